The number of rotatable bonds is 3. The number of fused-ring (bicyclic) bond motifs is 2. The Balaban J connectivity index is 1.84. The third kappa shape index (κ3) is 18.8. The van der Waals surface area contributed by atoms with Gasteiger partial charge in [-0.25, -0.2) is 0 Å². The second kappa shape index (κ2) is 27.6. The lowest BCUT2D eigenvalue weighted by Crippen LogP contribution is -2.61. The van der Waals surface area contributed by atoms with Crippen LogP contribution in [-0.2, 0) is 28.5 Å². The number of hydrogen-bond donors (Lipinski definition) is 12. The monoisotopic (exact) mass is 926 g/mol. The van der Waals surface area contributed by atoms with E-state index in [1.807, 2.05) is 49.5 Å². The summed E-state index contributed by atoms with van der Waals surface area (Å²) in [7, 11) is 0. The van der Waals surface area contributed by atoms with Crippen molar-refractivity contribution in [1.29, 1.82) is 0 Å². The van der Waals surface area contributed by atoms with Crippen LogP contribution in [0.5, 0.6) is 0 Å². The van der Waals surface area contributed by atoms with Gasteiger partial charge in [-0.2, -0.15) is 0 Å². The van der Waals surface area contributed by atoms with Crippen LogP contribution < -0.4 is 5.73 Å². The fourth-order valence-corrected chi connectivity index (χ4v) is 8.11. The summed E-state index contributed by atoms with van der Waals surface area (Å²) in [6.07, 6.45) is 2.28. The molecule has 0 spiro atoms. The molecule has 13 N–H and O–H groups in total. The van der Waals surface area contributed by atoms with Crippen LogP contribution >= 0.6 is 0 Å². The van der Waals surface area contributed by atoms with E-state index in [4.69, 9.17) is 24.7 Å². The van der Waals surface area contributed by atoms with Crippen molar-refractivity contribution in [3.05, 3.63) is 72.9 Å². The van der Waals surface area contributed by atoms with Crippen LogP contribution in [0.2, 0.25) is 0 Å². The van der Waals surface area contributed by atoms with Gasteiger partial charge in [0.1, 0.15) is 18.1 Å². The van der Waals surface area contributed by atoms with Gasteiger partial charge in [0.25, 0.3) is 0 Å². The molecule has 0 unspecified atom stereocenters. The largest absolute Gasteiger partial charge is 0.481 e. The minimum Gasteiger partial charge on any atom is -0.481 e. The summed E-state index contributed by atoms with van der Waals surface area (Å²) in [5, 5.41) is 118. The third-order valence-electron chi connectivity index (χ3n) is 12.2. The summed E-state index contributed by atoms with van der Waals surface area (Å²) in [6, 6.07) is -1.14. The molecule has 65 heavy (non-hydrogen) atoms. The van der Waals surface area contributed by atoms with E-state index in [0.717, 1.165) is 12.8 Å². The zero-order chi connectivity index (χ0) is 48.4. The topological polar surface area (TPSA) is 320 Å². The van der Waals surface area contributed by atoms with Gasteiger partial charge in [-0.05, 0) is 52.4 Å². The van der Waals surface area contributed by atoms with Gasteiger partial charge in [-0.3, -0.25) is 9.59 Å². The van der Waals surface area contributed by atoms with Gasteiger partial charge in [0.15, 0.2) is 12.1 Å². The maximum Gasteiger partial charge on any atom is 0.311 e. The van der Waals surface area contributed by atoms with E-state index in [1.54, 1.807) is 38.2 Å². The number of esters is 1. The van der Waals surface area contributed by atoms with Gasteiger partial charge in [-0.1, -0.05) is 86.8 Å². The molecule has 3 rings (SSSR count). The number of carbonyl (C=O) groups is 2. The minimum atomic E-state index is -2.35. The highest BCUT2D eigenvalue weighted by Crippen LogP contribution is 2.38. The highest BCUT2D eigenvalue weighted by molar-refractivity contribution is 5.71. The first-order chi connectivity index (χ1) is 30.6. The first-order valence-electron chi connectivity index (χ1n) is 22.6. The minimum absolute atomic E-state index is 0.138. The molecule has 0 radical (unpaired) electrons. The molecular formula is C47H75NO17. The molecule has 370 valence electrons. The number of carbonyl (C=O) groups excluding carboxylic acids is 1. The molecule has 0 amide bonds. The Morgan fingerprint density at radius 2 is 1.28 bits per heavy atom. The van der Waals surface area contributed by atoms with Gasteiger partial charge >= 0.3 is 11.9 Å². The number of allylic oxidation sites excluding steroid dienone is 10. The molecular weight excluding hydrogens is 851 g/mol. The lowest BCUT2D eigenvalue weighted by molar-refractivity contribution is -0.310. The Hall–Kier alpha value is -3.18. The molecule has 3 aliphatic rings. The Kier molecular flexibility index (Phi) is 23.8. The van der Waals surface area contributed by atoms with Gasteiger partial charge in [-0.15, -0.1) is 0 Å². The maximum atomic E-state index is 12.6. The van der Waals surface area contributed by atoms with Gasteiger partial charge < -0.3 is 80.9 Å². The SMILES string of the molecule is C[C@H]1[C@H](O)[C@@H](C)C=CC=CCCC=CC=CC=CC=C[C@H](O[C@@H]2O[C@H](C)[C@@H](O)[C@H](N)[C@@H]2O)C[C@@H]2O[C@@](O)(C[C@H](O)[C@H]2C(=O)O)C[C@H](O)[C@H](O)CC[C@H](O)C[C@H](O)C[C@H](O)CC(=O)O[C@H]1C. The van der Waals surface area contributed by atoms with Crippen LogP contribution in [0.15, 0.2) is 72.9 Å². The number of aliphatic hydroxyl groups excluding tert-OH is 9. The summed E-state index contributed by atoms with van der Waals surface area (Å²) in [4.78, 5) is 25.1. The van der Waals surface area contributed by atoms with E-state index >= 15 is 0 Å². The van der Waals surface area contributed by atoms with Crippen molar-refractivity contribution >= 4 is 11.9 Å². The van der Waals surface area contributed by atoms with Gasteiger partial charge in [0.05, 0.1) is 79.6 Å². The number of carboxylic acids is 1. The predicted octanol–water partition coefficient (Wildman–Crippen LogP) is 0.936. The second-order valence-electron chi connectivity index (χ2n) is 17.8. The van der Waals surface area contributed by atoms with Crippen LogP contribution in [0.1, 0.15) is 91.9 Å². The summed E-state index contributed by atoms with van der Waals surface area (Å²) < 4.78 is 23.2. The normalized spacial score (nSPS) is 42.3. The summed E-state index contributed by atoms with van der Waals surface area (Å²) in [5.74, 6) is -6.82. The summed E-state index contributed by atoms with van der Waals surface area (Å²) >= 11 is 0. The number of aliphatic carboxylic acids is 1. The second-order valence-corrected chi connectivity index (χ2v) is 17.8. The van der Waals surface area contributed by atoms with Crippen molar-refractivity contribution in [3.63, 3.8) is 0 Å². The van der Waals surface area contributed by atoms with Crippen molar-refractivity contribution in [2.45, 2.75) is 189 Å². The number of nitrogens with two attached hydrogens (primary N) is 1. The number of cyclic esters (lactones) is 1. The highest BCUT2D eigenvalue weighted by Gasteiger charge is 2.51. The van der Waals surface area contributed by atoms with Crippen molar-refractivity contribution in [3.8, 4) is 0 Å². The first kappa shape index (κ1) is 56.1. The number of aliphatic hydroxyl groups is 10. The van der Waals surface area contributed by atoms with Crippen molar-refractivity contribution in [1.82, 2.24) is 0 Å². The molecule has 0 saturated carbocycles. The Morgan fingerprint density at radius 3 is 1.94 bits per heavy atom. The molecule has 3 aliphatic heterocycles. The van der Waals surface area contributed by atoms with Gasteiger partial charge in [0, 0.05) is 31.1 Å². The quantitative estimate of drug-likeness (QED) is 0.175. The van der Waals surface area contributed by atoms with Crippen molar-refractivity contribution in [2.24, 2.45) is 23.5 Å². The molecule has 0 aliphatic carbocycles. The zero-order valence-electron chi connectivity index (χ0n) is 37.8. The maximum absolute atomic E-state index is 12.6. The van der Waals surface area contributed by atoms with E-state index in [-0.39, 0.29) is 38.0 Å². The van der Waals surface area contributed by atoms with E-state index < -0.39 is 141 Å². The molecule has 2 bridgehead atoms. The van der Waals surface area contributed by atoms with E-state index in [2.05, 4.69) is 0 Å². The lowest BCUT2D eigenvalue weighted by Gasteiger charge is -2.45. The number of hydrogen-bond acceptors (Lipinski definition) is 17. The average molecular weight is 926 g/mol. The predicted molar refractivity (Wildman–Crippen MR) is 237 cm³/mol. The standard InChI is InChI=1S/C47H75NO17/c1-27-17-15-13-11-9-7-5-6-8-10-12-14-16-18-34(64-46-44(58)41(48)43(57)30(4)63-46)24-38-40(45(59)60)37(54)26-47(61,65-38)25-36(53)35(52)20-19-31(49)21-32(50)22-33(51)23-39(55)62-29(3)28(2)42(27)56/h5-6,8,10-18,27-38,40-44,46,49-54,56-58,61H,7,9,19-26,48H2,1-4H3,(H,59,60)/t27-,28+,29-,30+,31-,32-,33-,34-,35+,36-,37-,38-,40+,41-,42+,43+,44-,46-,47+/m0/s1. The van der Waals surface area contributed by atoms with Crippen LogP contribution in [0, 0.1) is 17.8 Å². The van der Waals surface area contributed by atoms with Gasteiger partial charge in [0.2, 0.25) is 0 Å². The Labute approximate surface area is 381 Å². The molecule has 0 aromatic carbocycles. The van der Waals surface area contributed by atoms with Crippen LogP contribution in [0.4, 0.5) is 0 Å². The van der Waals surface area contributed by atoms with E-state index in [1.165, 1.54) is 13.0 Å². The van der Waals surface area contributed by atoms with E-state index in [0.29, 0.717) is 0 Å². The smallest absolute Gasteiger partial charge is 0.311 e. The molecule has 18 nitrogen and oxygen atoms in total. The molecule has 18 heteroatoms. The lowest BCUT2D eigenvalue weighted by atomic mass is 9.82. The zero-order valence-corrected chi connectivity index (χ0v) is 37.8. The fourth-order valence-electron chi connectivity index (χ4n) is 8.11. The Morgan fingerprint density at radius 1 is 0.692 bits per heavy atom. The van der Waals surface area contributed by atoms with Crippen LogP contribution in [0.25, 0.3) is 0 Å². The molecule has 3 heterocycles. The summed E-state index contributed by atoms with van der Waals surface area (Å²) in [6.45, 7) is 6.78. The molecule has 0 aromatic heterocycles. The Bertz CT molecular complexity index is 1620. The number of ether oxygens (including phenoxy) is 4. The molecule has 0 aromatic rings. The first-order valence-corrected chi connectivity index (χ1v) is 22.6. The summed E-state index contributed by atoms with van der Waals surface area (Å²) in [5.41, 5.74) is 6.02. The van der Waals surface area contributed by atoms with Crippen molar-refractivity contribution in [2.75, 3.05) is 0 Å². The fraction of sp³-hybridized carbons (Fsp3) is 0.702. The van der Waals surface area contributed by atoms with Crippen LogP contribution in [-0.4, -0.2) is 166 Å². The van der Waals surface area contributed by atoms with Crippen molar-refractivity contribution < 1.29 is 84.7 Å². The van der Waals surface area contributed by atoms with Crippen LogP contribution in [0.3, 0.4) is 0 Å². The third-order valence-corrected chi connectivity index (χ3v) is 12.2. The number of carboxylic acid groups (broad SMARTS) is 1. The molecule has 19 atom stereocenters. The highest BCUT2D eigenvalue weighted by atomic mass is 16.7. The van der Waals surface area contributed by atoms with E-state index in [9.17, 15) is 65.8 Å². The average Bonchev–Trinajstić information content (AvgIpc) is 3.21. The molecule has 2 fully saturated rings. The molecule has 2 saturated heterocycles.